The molecule has 2 aromatic carbocycles. The van der Waals surface area contributed by atoms with E-state index in [-0.39, 0.29) is 18.4 Å². The molecule has 0 aromatic heterocycles. The Morgan fingerprint density at radius 3 is 1.61 bits per heavy atom. The highest BCUT2D eigenvalue weighted by Gasteiger charge is 2.15. The quantitative estimate of drug-likeness (QED) is 0.891. The molecule has 0 radical (unpaired) electrons. The molecule has 0 aliphatic heterocycles. The van der Waals surface area contributed by atoms with E-state index in [2.05, 4.69) is 5.32 Å². The fourth-order valence-corrected chi connectivity index (χ4v) is 1.77. The maximum absolute atomic E-state index is 10.8. The van der Waals surface area contributed by atoms with Gasteiger partial charge in [-0.1, -0.05) is 60.7 Å². The van der Waals surface area contributed by atoms with Gasteiger partial charge < -0.3 is 10.4 Å². The normalized spacial score (nSPS) is 9.61. The first kappa shape index (κ1) is 14.1. The largest absolute Gasteiger partial charge is 0.465 e. The highest BCUT2D eigenvalue weighted by atomic mass is 35.5. The number of amides is 1. The van der Waals surface area contributed by atoms with Crippen LogP contribution in [0, 0.1) is 0 Å². The van der Waals surface area contributed by atoms with Crippen LogP contribution in [0.1, 0.15) is 17.2 Å². The molecule has 0 saturated carbocycles. The second kappa shape index (κ2) is 6.67. The predicted octanol–water partition coefficient (Wildman–Crippen LogP) is 3.47. The standard InChI is InChI=1S/C14H13NO2.ClH/c16-14(17)15-13(11-7-3-1-4-8-11)12-9-5-2-6-10-12;/h1-10,13,15H,(H,16,17);1H. The van der Waals surface area contributed by atoms with Crippen LogP contribution in [0.5, 0.6) is 0 Å². The van der Waals surface area contributed by atoms with Crippen molar-refractivity contribution in [2.24, 2.45) is 0 Å². The highest BCUT2D eigenvalue weighted by Crippen LogP contribution is 2.21. The summed E-state index contributed by atoms with van der Waals surface area (Å²) < 4.78 is 0. The number of hydrogen-bond acceptors (Lipinski definition) is 1. The predicted molar refractivity (Wildman–Crippen MR) is 73.1 cm³/mol. The molecule has 0 saturated heterocycles. The van der Waals surface area contributed by atoms with Crippen LogP contribution >= 0.6 is 12.4 Å². The molecule has 2 rings (SSSR count). The molecule has 2 aromatic rings. The molecule has 0 bridgehead atoms. The monoisotopic (exact) mass is 263 g/mol. The highest BCUT2D eigenvalue weighted by molar-refractivity contribution is 5.85. The van der Waals surface area contributed by atoms with Gasteiger partial charge in [-0.15, -0.1) is 12.4 Å². The summed E-state index contributed by atoms with van der Waals surface area (Å²) in [7, 11) is 0. The topological polar surface area (TPSA) is 49.3 Å². The van der Waals surface area contributed by atoms with Gasteiger partial charge >= 0.3 is 6.09 Å². The second-order valence-electron chi connectivity index (χ2n) is 3.70. The lowest BCUT2D eigenvalue weighted by Gasteiger charge is -2.17. The Balaban J connectivity index is 0.00000162. The molecule has 2 N–H and O–H groups in total. The number of nitrogens with one attached hydrogen (secondary N) is 1. The molecule has 0 heterocycles. The SMILES string of the molecule is Cl.O=C(O)NC(c1ccccc1)c1ccccc1. The Morgan fingerprint density at radius 2 is 1.28 bits per heavy atom. The van der Waals surface area contributed by atoms with Crippen LogP contribution in [0.4, 0.5) is 4.79 Å². The van der Waals surface area contributed by atoms with Crippen LogP contribution in [0.3, 0.4) is 0 Å². The molecular weight excluding hydrogens is 250 g/mol. The Hall–Kier alpha value is -2.00. The smallest absolute Gasteiger partial charge is 0.405 e. The molecule has 4 heteroatoms. The summed E-state index contributed by atoms with van der Waals surface area (Å²) >= 11 is 0. The van der Waals surface area contributed by atoms with Crippen molar-refractivity contribution in [2.45, 2.75) is 6.04 Å². The molecule has 3 nitrogen and oxygen atoms in total. The van der Waals surface area contributed by atoms with Crippen LogP contribution in [0.25, 0.3) is 0 Å². The summed E-state index contributed by atoms with van der Waals surface area (Å²) in [5, 5.41) is 11.4. The molecule has 0 atom stereocenters. The second-order valence-corrected chi connectivity index (χ2v) is 3.70. The number of hydrogen-bond donors (Lipinski definition) is 2. The first-order valence-electron chi connectivity index (χ1n) is 5.37. The van der Waals surface area contributed by atoms with Crippen molar-refractivity contribution in [3.8, 4) is 0 Å². The zero-order chi connectivity index (χ0) is 12.1. The summed E-state index contributed by atoms with van der Waals surface area (Å²) in [6, 6.07) is 18.7. The molecule has 0 fully saturated rings. The van der Waals surface area contributed by atoms with Gasteiger partial charge in [0.2, 0.25) is 0 Å². The molecule has 0 aliphatic rings. The van der Waals surface area contributed by atoms with Crippen LogP contribution in [-0.4, -0.2) is 11.2 Å². The van der Waals surface area contributed by atoms with Gasteiger partial charge in [-0.3, -0.25) is 0 Å². The number of carbonyl (C=O) groups is 1. The van der Waals surface area contributed by atoms with Crippen molar-refractivity contribution in [1.82, 2.24) is 5.32 Å². The third kappa shape index (κ3) is 3.50. The van der Waals surface area contributed by atoms with Crippen molar-refractivity contribution >= 4 is 18.5 Å². The molecule has 18 heavy (non-hydrogen) atoms. The summed E-state index contributed by atoms with van der Waals surface area (Å²) in [5.74, 6) is 0. The average molecular weight is 264 g/mol. The lowest BCUT2D eigenvalue weighted by atomic mass is 9.99. The van der Waals surface area contributed by atoms with E-state index in [4.69, 9.17) is 5.11 Å². The van der Waals surface area contributed by atoms with E-state index < -0.39 is 6.09 Å². The van der Waals surface area contributed by atoms with E-state index in [0.29, 0.717) is 0 Å². The minimum Gasteiger partial charge on any atom is -0.465 e. The third-order valence-corrected chi connectivity index (χ3v) is 2.53. The van der Waals surface area contributed by atoms with Crippen LogP contribution < -0.4 is 5.32 Å². The number of benzene rings is 2. The molecule has 1 amide bonds. The molecule has 94 valence electrons. The van der Waals surface area contributed by atoms with E-state index in [1.54, 1.807) is 0 Å². The Kier molecular flexibility index (Phi) is 5.21. The summed E-state index contributed by atoms with van der Waals surface area (Å²) in [4.78, 5) is 10.8. The van der Waals surface area contributed by atoms with Gasteiger partial charge in [-0.25, -0.2) is 4.79 Å². The fraction of sp³-hybridized carbons (Fsp3) is 0.0714. The van der Waals surface area contributed by atoms with Crippen LogP contribution in [-0.2, 0) is 0 Å². The molecule has 0 unspecified atom stereocenters. The van der Waals surface area contributed by atoms with Crippen molar-refractivity contribution in [1.29, 1.82) is 0 Å². The Bertz CT molecular complexity index is 448. The average Bonchev–Trinajstić information content (AvgIpc) is 2.38. The van der Waals surface area contributed by atoms with Crippen molar-refractivity contribution in [3.05, 3.63) is 71.8 Å². The van der Waals surface area contributed by atoms with Crippen LogP contribution in [0.15, 0.2) is 60.7 Å². The zero-order valence-corrected chi connectivity index (χ0v) is 10.4. The van der Waals surface area contributed by atoms with Crippen LogP contribution in [0.2, 0.25) is 0 Å². The minimum atomic E-state index is -1.03. The van der Waals surface area contributed by atoms with Crippen molar-refractivity contribution in [2.75, 3.05) is 0 Å². The van der Waals surface area contributed by atoms with E-state index >= 15 is 0 Å². The summed E-state index contributed by atoms with van der Waals surface area (Å²) in [6.07, 6.45) is -1.03. The summed E-state index contributed by atoms with van der Waals surface area (Å²) in [6.45, 7) is 0. The van der Waals surface area contributed by atoms with Crippen molar-refractivity contribution < 1.29 is 9.90 Å². The van der Waals surface area contributed by atoms with Gasteiger partial charge in [-0.05, 0) is 11.1 Å². The minimum absolute atomic E-state index is 0. The fourth-order valence-electron chi connectivity index (χ4n) is 1.77. The van der Waals surface area contributed by atoms with Gasteiger partial charge in [0.25, 0.3) is 0 Å². The van der Waals surface area contributed by atoms with Gasteiger partial charge in [-0.2, -0.15) is 0 Å². The number of rotatable bonds is 3. The molecular formula is C14H14ClNO2. The lowest BCUT2D eigenvalue weighted by Crippen LogP contribution is -2.27. The Labute approximate surface area is 112 Å². The first-order valence-corrected chi connectivity index (χ1v) is 5.37. The Morgan fingerprint density at radius 1 is 0.889 bits per heavy atom. The molecule has 0 spiro atoms. The number of halogens is 1. The maximum atomic E-state index is 10.8. The van der Waals surface area contributed by atoms with E-state index in [0.717, 1.165) is 11.1 Å². The van der Waals surface area contributed by atoms with E-state index in [1.807, 2.05) is 60.7 Å². The third-order valence-electron chi connectivity index (χ3n) is 2.53. The summed E-state index contributed by atoms with van der Waals surface area (Å²) in [5.41, 5.74) is 1.86. The molecule has 0 aliphatic carbocycles. The zero-order valence-electron chi connectivity index (χ0n) is 9.61. The first-order chi connectivity index (χ1) is 8.27. The van der Waals surface area contributed by atoms with E-state index in [9.17, 15) is 4.79 Å². The number of carboxylic acid groups (broad SMARTS) is 1. The van der Waals surface area contributed by atoms with Gasteiger partial charge in [0.15, 0.2) is 0 Å². The van der Waals surface area contributed by atoms with E-state index in [1.165, 1.54) is 0 Å². The van der Waals surface area contributed by atoms with Gasteiger partial charge in [0, 0.05) is 0 Å². The van der Waals surface area contributed by atoms with Crippen molar-refractivity contribution in [3.63, 3.8) is 0 Å². The van der Waals surface area contributed by atoms with Gasteiger partial charge in [0.05, 0.1) is 6.04 Å². The maximum Gasteiger partial charge on any atom is 0.405 e. The lowest BCUT2D eigenvalue weighted by molar-refractivity contribution is 0.191. The van der Waals surface area contributed by atoms with Gasteiger partial charge in [0.1, 0.15) is 0 Å².